The maximum atomic E-state index is 15.1. The molecular formula is C74H105N19O27S. The number of carboxylic acid groups (broad SMARTS) is 2. The highest BCUT2D eigenvalue weighted by Crippen LogP contribution is 2.37. The third kappa shape index (κ3) is 29.8. The molecule has 4 aliphatic rings. The highest BCUT2D eigenvalue weighted by atomic mass is 32.2. The molecule has 4 aliphatic heterocycles. The van der Waals surface area contributed by atoms with Crippen LogP contribution < -0.4 is 90.4 Å². The van der Waals surface area contributed by atoms with Crippen LogP contribution >= 0.6 is 11.8 Å². The number of benzene rings is 1. The van der Waals surface area contributed by atoms with Crippen molar-refractivity contribution in [1.29, 1.82) is 0 Å². The number of carbonyl (C=O) groups is 21. The summed E-state index contributed by atoms with van der Waals surface area (Å²) in [7, 11) is 0.996. The predicted octanol–water partition coefficient (Wildman–Crippen LogP) is -7.47. The van der Waals surface area contributed by atoms with Crippen molar-refractivity contribution in [3.05, 3.63) is 29.8 Å². The van der Waals surface area contributed by atoms with Gasteiger partial charge in [0, 0.05) is 80.5 Å². The molecule has 6 unspecified atom stereocenters. The summed E-state index contributed by atoms with van der Waals surface area (Å²) in [5, 5.41) is 71.6. The van der Waals surface area contributed by atoms with Gasteiger partial charge in [-0.25, -0.2) is 4.79 Å². The Morgan fingerprint density at radius 3 is 1.64 bits per heavy atom. The number of carboxylic acids is 2. The minimum absolute atomic E-state index is 0.00845. The lowest BCUT2D eigenvalue weighted by Gasteiger charge is -2.32. The van der Waals surface area contributed by atoms with Gasteiger partial charge in [-0.15, -0.1) is 11.8 Å². The average molecular weight is 1720 g/mol. The number of aliphatic hydroxyl groups excluding tert-OH is 1. The SMILES string of the molecule is CC[C@H](C)[C@@H]1NC(=O)CNC(=O)[C@@H]2Cc3c([nH]c4cc5c(cc34)NC(=O)C(C)NC(=O)C(C)NC(=O)CCOCCNC(=O)C(NC(=O)CCC(=O)O)C(NC(=O)/C=C\C(=O)O)C(=O)NCCOCCC(=O)NC(C)C(=O)NC(C)C(=O)N5)SC[C@H](NC(=O)CNC1=O)C(=O)N[C@@H](CC(=O)OC)C(=O)N1C[C@H](O)C[C@H]1C(=O)N[C@@H]([C@@H](C)CC)C(=O)N2. The molecule has 0 aliphatic carbocycles. The maximum absolute atomic E-state index is 15.1. The van der Waals surface area contributed by atoms with E-state index in [4.69, 9.17) is 19.3 Å². The van der Waals surface area contributed by atoms with Crippen LogP contribution in [0.2, 0.25) is 0 Å². The Morgan fingerprint density at radius 2 is 1.09 bits per heavy atom. The second-order valence-electron chi connectivity index (χ2n) is 29.0. The fourth-order valence-electron chi connectivity index (χ4n) is 12.5. The number of aliphatic hydroxyl groups is 1. The van der Waals surface area contributed by atoms with Crippen LogP contribution in [0.15, 0.2) is 29.3 Å². The molecule has 6 rings (SSSR count). The molecule has 1 saturated heterocycles. The number of rotatable bonds is 13. The van der Waals surface area contributed by atoms with Crippen molar-refractivity contribution in [2.75, 3.05) is 82.6 Å². The Balaban J connectivity index is 1.45. The van der Waals surface area contributed by atoms with Crippen molar-refractivity contribution in [3.63, 3.8) is 0 Å². The van der Waals surface area contributed by atoms with Crippen molar-refractivity contribution in [2.24, 2.45) is 11.8 Å². The number of fused-ring (bicyclic) bond motifs is 6. The van der Waals surface area contributed by atoms with Crippen LogP contribution in [0.5, 0.6) is 0 Å². The normalized spacial score (nSPS) is 26.3. The lowest BCUT2D eigenvalue weighted by atomic mass is 9.96. The van der Waals surface area contributed by atoms with Gasteiger partial charge in [0.05, 0.1) is 82.0 Å². The third-order valence-electron chi connectivity index (χ3n) is 19.7. The number of methoxy groups -OCH3 is 1. The first-order chi connectivity index (χ1) is 57.2. The Kier molecular flexibility index (Phi) is 37.7. The molecule has 1 aromatic heterocycles. The number of H-pyrrole nitrogens is 1. The molecule has 21 N–H and O–H groups in total. The van der Waals surface area contributed by atoms with E-state index in [1.807, 2.05) is 0 Å². The van der Waals surface area contributed by atoms with Gasteiger partial charge in [0.15, 0.2) is 0 Å². The Labute approximate surface area is 696 Å². The number of aromatic amines is 1. The molecular weight excluding hydrogens is 1620 g/mol. The fourth-order valence-corrected chi connectivity index (χ4v) is 13.6. The summed E-state index contributed by atoms with van der Waals surface area (Å²) in [5.41, 5.74) is -0.465. The Morgan fingerprint density at radius 1 is 0.562 bits per heavy atom. The van der Waals surface area contributed by atoms with Crippen molar-refractivity contribution in [3.8, 4) is 0 Å². The summed E-state index contributed by atoms with van der Waals surface area (Å²) in [6, 6.07) is -17.2. The summed E-state index contributed by atoms with van der Waals surface area (Å²) in [5.74, 6) is -24.1. The van der Waals surface area contributed by atoms with Gasteiger partial charge < -0.3 is 130 Å². The molecule has 664 valence electrons. The van der Waals surface area contributed by atoms with Crippen LogP contribution in [0.3, 0.4) is 0 Å². The number of nitrogens with one attached hydrogen (secondary N) is 18. The lowest BCUT2D eigenvalue weighted by molar-refractivity contribution is -0.148. The molecule has 0 saturated carbocycles. The molecule has 47 heteroatoms. The number of carbonyl (C=O) groups excluding carboxylic acids is 19. The highest BCUT2D eigenvalue weighted by molar-refractivity contribution is 7.99. The topological polar surface area (TPSA) is 670 Å². The van der Waals surface area contributed by atoms with E-state index in [1.165, 1.54) is 39.8 Å². The minimum Gasteiger partial charge on any atom is -0.481 e. The second kappa shape index (κ2) is 46.8. The van der Waals surface area contributed by atoms with E-state index in [1.54, 1.807) is 27.7 Å². The zero-order valence-corrected chi connectivity index (χ0v) is 68.7. The maximum Gasteiger partial charge on any atom is 0.328 e. The quantitative estimate of drug-likeness (QED) is 0.0654. The first-order valence-corrected chi connectivity index (χ1v) is 39.9. The van der Waals surface area contributed by atoms with Crippen molar-refractivity contribution < 1.29 is 130 Å². The van der Waals surface area contributed by atoms with E-state index in [2.05, 4.69) is 95.4 Å². The number of aromatic nitrogens is 1. The molecule has 18 amide bonds. The number of amides is 18. The summed E-state index contributed by atoms with van der Waals surface area (Å²) < 4.78 is 15.9. The van der Waals surface area contributed by atoms with E-state index in [9.17, 15) is 96.5 Å². The van der Waals surface area contributed by atoms with Gasteiger partial charge in [0.2, 0.25) is 106 Å². The molecule has 0 spiro atoms. The van der Waals surface area contributed by atoms with Crippen molar-refractivity contribution in [2.45, 2.75) is 197 Å². The summed E-state index contributed by atoms with van der Waals surface area (Å²) >= 11 is 0.770. The van der Waals surface area contributed by atoms with Gasteiger partial charge in [0.1, 0.15) is 72.5 Å². The zero-order chi connectivity index (χ0) is 89.6. The molecule has 0 radical (unpaired) electrons. The van der Waals surface area contributed by atoms with E-state index < -0.39 is 298 Å². The molecule has 1 fully saturated rings. The van der Waals surface area contributed by atoms with Crippen molar-refractivity contribution in [1.82, 2.24) is 89.6 Å². The predicted molar refractivity (Wildman–Crippen MR) is 422 cm³/mol. The number of anilines is 2. The van der Waals surface area contributed by atoms with E-state index in [0.29, 0.717) is 18.6 Å². The molecule has 5 heterocycles. The van der Waals surface area contributed by atoms with Crippen molar-refractivity contribution >= 4 is 158 Å². The van der Waals surface area contributed by atoms with Crippen LogP contribution in [-0.4, -0.2) is 300 Å². The number of esters is 1. The number of hydrogen-bond acceptors (Lipinski definition) is 26. The minimum atomic E-state index is -2.03. The molecule has 2 aromatic rings. The second-order valence-corrected chi connectivity index (χ2v) is 30.0. The number of thioether (sulfide) groups is 1. The molecule has 15 atom stereocenters. The van der Waals surface area contributed by atoms with Crippen LogP contribution in [-0.2, 0) is 121 Å². The van der Waals surface area contributed by atoms with Gasteiger partial charge in [-0.1, -0.05) is 40.5 Å². The standard InChI is InChI=1S/C74H105N19O27S/c1-10-33(3)58-69(113)78-29-53(99)83-47-32-121-73-41(26-45(66(110)77-30-54(100)91-58)86-72(116)59(34(4)11-2)92-68(112)48-24-39(94)31-93(48)74(117)46(87-67(47)111)28-57(105)118-9)40-25-43-44(27-42(40)88-73)85-65(109)38(8)82-63(107)36(6)80-52(98)17-21-120-23-19-76-71(115)61(90-50(96)13-15-56(103)104)60(89-49(95)12-14-55(101)102)70(114)75-18-22-119-20-16-51(97)79-35(5)62(106)81-37(7)64(108)84-43/h13,15,25,27,33-39,45-48,58-61,88,94H,10-12,14,16-24,26,28-32H2,1-9H3,(H,75,114)(H,76,115)(H,77,110)(H,78,113)(H,79,97)(H,80,98)(H,81,106)(H,82,107)(H,83,99)(H,84,108)(H,85,109)(H,86,116)(H,87,111)(H,89,95)(H,90,96)(H,91,100)(H,92,112)(H,101,102)(H,103,104)/b15-13-/t33-,34-,35?,36?,37?,38?,39+,45-,46-,47-,48-,58-,59-,60?,61?/m0/s1. The largest absolute Gasteiger partial charge is 0.481 e. The monoisotopic (exact) mass is 1720 g/mol. The van der Waals surface area contributed by atoms with Gasteiger partial charge in [-0.3, -0.25) is 95.9 Å². The van der Waals surface area contributed by atoms with E-state index in [-0.39, 0.29) is 65.7 Å². The number of nitrogens with zero attached hydrogens (tertiary/aromatic N) is 1. The average Bonchev–Trinajstić information content (AvgIpc) is 1.63. The molecule has 46 nitrogen and oxygen atoms in total. The smallest absolute Gasteiger partial charge is 0.328 e. The summed E-state index contributed by atoms with van der Waals surface area (Å²) in [4.78, 5) is 293. The van der Waals surface area contributed by atoms with Gasteiger partial charge in [-0.05, 0) is 57.2 Å². The number of ether oxygens (including phenoxy) is 3. The first kappa shape index (κ1) is 97.4. The zero-order valence-electron chi connectivity index (χ0n) is 67.9. The summed E-state index contributed by atoms with van der Waals surface area (Å²) in [6.45, 7) is 7.17. The van der Waals surface area contributed by atoms with Gasteiger partial charge in [-0.2, -0.15) is 0 Å². The summed E-state index contributed by atoms with van der Waals surface area (Å²) in [6.07, 6.45) is -4.15. The van der Waals surface area contributed by atoms with E-state index >= 15 is 14.4 Å². The van der Waals surface area contributed by atoms with Gasteiger partial charge in [0.25, 0.3) is 0 Å². The number of hydrogen-bond donors (Lipinski definition) is 21. The number of aliphatic carboxylic acids is 2. The van der Waals surface area contributed by atoms with Crippen LogP contribution in [0, 0.1) is 11.8 Å². The highest BCUT2D eigenvalue weighted by Gasteiger charge is 2.45. The molecule has 1 aromatic carbocycles. The Bertz CT molecular complexity index is 4290. The fraction of sp³-hybridized carbons (Fsp3) is 0.581. The third-order valence-corrected chi connectivity index (χ3v) is 20.8. The molecule has 2 bridgehead atoms. The Hall–Kier alpha value is -12.4. The first-order valence-electron chi connectivity index (χ1n) is 38.9. The van der Waals surface area contributed by atoms with Crippen LogP contribution in [0.25, 0.3) is 10.9 Å². The van der Waals surface area contributed by atoms with Gasteiger partial charge >= 0.3 is 17.9 Å². The molecule has 121 heavy (non-hydrogen) atoms. The van der Waals surface area contributed by atoms with Crippen LogP contribution in [0.1, 0.15) is 112 Å². The lowest BCUT2D eigenvalue weighted by Crippen LogP contribution is -2.63. The van der Waals surface area contributed by atoms with Crippen LogP contribution in [0.4, 0.5) is 11.4 Å². The van der Waals surface area contributed by atoms with E-state index in [0.717, 1.165) is 23.8 Å².